The molecule has 1 aliphatic rings. The lowest BCUT2D eigenvalue weighted by molar-refractivity contribution is 0.0968. The summed E-state index contributed by atoms with van der Waals surface area (Å²) in [6.45, 7) is 7.77. The highest BCUT2D eigenvalue weighted by atomic mass is 19.1. The fourth-order valence-electron chi connectivity index (χ4n) is 3.24. The van der Waals surface area contributed by atoms with Crippen LogP contribution in [0.1, 0.15) is 36.1 Å². The Morgan fingerprint density at radius 1 is 1.00 bits per heavy atom. The number of aromatic nitrogens is 5. The van der Waals surface area contributed by atoms with Crippen molar-refractivity contribution in [2.24, 2.45) is 7.05 Å². The second kappa shape index (κ2) is 11.4. The molecule has 1 saturated heterocycles. The topological polar surface area (TPSA) is 65.7 Å². The second-order valence-electron chi connectivity index (χ2n) is 7.82. The average Bonchev–Trinajstić information content (AvgIpc) is 3.28. The normalized spacial score (nSPS) is 13.0. The zero-order chi connectivity index (χ0) is 22.9. The number of halogens is 1. The smallest absolute Gasteiger partial charge is 0.163 e. The first-order valence-electron chi connectivity index (χ1n) is 10.8. The molecule has 0 atom stereocenters. The minimum Gasteiger partial charge on any atom is -0.381 e. The lowest BCUT2D eigenvalue weighted by Gasteiger charge is -2.08. The summed E-state index contributed by atoms with van der Waals surface area (Å²) in [5, 5.41) is 4.61. The monoisotopic (exact) mass is 435 g/mol. The summed E-state index contributed by atoms with van der Waals surface area (Å²) < 4.78 is 21.0. The van der Waals surface area contributed by atoms with Gasteiger partial charge in [0.1, 0.15) is 12.1 Å². The third kappa shape index (κ3) is 6.40. The molecular weight excluding hydrogens is 405 g/mol. The molecule has 0 unspecified atom stereocenters. The number of nitrogens with zero attached hydrogens (tertiary/aromatic N) is 5. The molecule has 0 N–H and O–H groups in total. The summed E-state index contributed by atoms with van der Waals surface area (Å²) >= 11 is 0. The zero-order valence-corrected chi connectivity index (χ0v) is 19.2. The third-order valence-corrected chi connectivity index (χ3v) is 5.16. The van der Waals surface area contributed by atoms with Gasteiger partial charge in [0.05, 0.1) is 5.69 Å². The average molecular weight is 436 g/mol. The maximum atomic E-state index is 14.2. The quantitative estimate of drug-likeness (QED) is 0.402. The predicted molar refractivity (Wildman–Crippen MR) is 125 cm³/mol. The number of benzene rings is 1. The number of hydrogen-bond acceptors (Lipinski definition) is 5. The van der Waals surface area contributed by atoms with E-state index in [2.05, 4.69) is 20.1 Å². The fraction of sp³-hybridized carbons (Fsp3) is 0.360. The first-order chi connectivity index (χ1) is 15.5. The third-order valence-electron chi connectivity index (χ3n) is 5.16. The number of rotatable bonds is 1. The molecule has 1 aliphatic heterocycles. The van der Waals surface area contributed by atoms with E-state index in [1.807, 2.05) is 52.2 Å². The maximum Gasteiger partial charge on any atom is 0.163 e. The molecule has 6 nitrogen and oxygen atoms in total. The summed E-state index contributed by atoms with van der Waals surface area (Å²) in [7, 11) is 1.89. The van der Waals surface area contributed by atoms with E-state index in [0.29, 0.717) is 16.9 Å². The van der Waals surface area contributed by atoms with E-state index in [1.165, 1.54) is 31.7 Å². The molecule has 7 heteroatoms. The van der Waals surface area contributed by atoms with Gasteiger partial charge in [-0.15, -0.1) is 0 Å². The van der Waals surface area contributed by atoms with Gasteiger partial charge in [0.2, 0.25) is 0 Å². The van der Waals surface area contributed by atoms with Crippen LogP contribution in [-0.4, -0.2) is 37.9 Å². The fourth-order valence-corrected chi connectivity index (χ4v) is 3.24. The number of ether oxygens (including phenoxy) is 1. The Kier molecular flexibility index (Phi) is 8.39. The molecule has 1 aromatic carbocycles. The highest BCUT2D eigenvalue weighted by Gasteiger charge is 2.12. The molecule has 168 valence electrons. The molecule has 0 radical (unpaired) electrons. The van der Waals surface area contributed by atoms with Crippen LogP contribution in [0.3, 0.4) is 0 Å². The van der Waals surface area contributed by atoms with Crippen LogP contribution in [0.2, 0.25) is 0 Å². The first-order valence-corrected chi connectivity index (χ1v) is 10.8. The number of fused-ring (bicyclic) bond motifs is 1. The second-order valence-corrected chi connectivity index (χ2v) is 7.82. The summed E-state index contributed by atoms with van der Waals surface area (Å²) in [4.78, 5) is 12.9. The van der Waals surface area contributed by atoms with E-state index in [9.17, 15) is 4.39 Å². The summed E-state index contributed by atoms with van der Waals surface area (Å²) in [5.74, 6) is -0.275. The van der Waals surface area contributed by atoms with Gasteiger partial charge in [0.25, 0.3) is 0 Å². The number of pyridine rings is 1. The van der Waals surface area contributed by atoms with Gasteiger partial charge in [0.15, 0.2) is 5.65 Å². The lowest BCUT2D eigenvalue weighted by atomic mass is 10.0. The zero-order valence-electron chi connectivity index (χ0n) is 19.2. The standard InChI is InChI=1S/C16H14FN3.C5H10O.C4H6N2/c1-9-4-5-12(14(17)6-9)15-13-7-10(2)11(3)20-16(13)19-8-18-15;1-2-4-6-5-3-1;1-6-4-2-3-5-6/h4-8H,1-3H3;1-5H2;2-4H,1H3. The van der Waals surface area contributed by atoms with Crippen LogP contribution in [0.5, 0.6) is 0 Å². The van der Waals surface area contributed by atoms with Crippen molar-refractivity contribution in [3.63, 3.8) is 0 Å². The van der Waals surface area contributed by atoms with Crippen molar-refractivity contribution < 1.29 is 9.13 Å². The van der Waals surface area contributed by atoms with Crippen LogP contribution < -0.4 is 0 Å². The van der Waals surface area contributed by atoms with Crippen LogP contribution >= 0.6 is 0 Å². The number of hydrogen-bond donors (Lipinski definition) is 0. The van der Waals surface area contributed by atoms with Crippen molar-refractivity contribution in [2.45, 2.75) is 40.0 Å². The number of aryl methyl sites for hydroxylation is 4. The van der Waals surface area contributed by atoms with Crippen LogP contribution in [0, 0.1) is 26.6 Å². The Hall–Kier alpha value is -3.19. The molecule has 0 amide bonds. The molecule has 0 spiro atoms. The van der Waals surface area contributed by atoms with Gasteiger partial charge < -0.3 is 4.74 Å². The molecule has 3 aromatic heterocycles. The van der Waals surface area contributed by atoms with Gasteiger partial charge in [-0.1, -0.05) is 6.07 Å². The molecule has 32 heavy (non-hydrogen) atoms. The van der Waals surface area contributed by atoms with E-state index >= 15 is 0 Å². The van der Waals surface area contributed by atoms with Gasteiger partial charge >= 0.3 is 0 Å². The highest BCUT2D eigenvalue weighted by Crippen LogP contribution is 2.28. The summed E-state index contributed by atoms with van der Waals surface area (Å²) in [6.07, 6.45) is 9.00. The first kappa shape index (κ1) is 23.5. The van der Waals surface area contributed by atoms with Crippen LogP contribution in [0.25, 0.3) is 22.3 Å². The van der Waals surface area contributed by atoms with Crippen LogP contribution in [0.15, 0.2) is 49.1 Å². The molecule has 5 rings (SSSR count). The van der Waals surface area contributed by atoms with E-state index < -0.39 is 0 Å². The summed E-state index contributed by atoms with van der Waals surface area (Å²) in [5.41, 5.74) is 4.51. The Morgan fingerprint density at radius 3 is 2.31 bits per heavy atom. The van der Waals surface area contributed by atoms with Gasteiger partial charge in [0, 0.05) is 49.3 Å². The maximum absolute atomic E-state index is 14.2. The SMILES string of the molecule is C1CCOCC1.Cc1ccc(-c2ncnc3nc(C)c(C)cc23)c(F)c1.Cn1cccn1. The molecule has 0 bridgehead atoms. The van der Waals surface area contributed by atoms with Crippen molar-refractivity contribution in [3.8, 4) is 11.3 Å². The predicted octanol–water partition coefficient (Wildman–Crippen LogP) is 5.36. The van der Waals surface area contributed by atoms with Gasteiger partial charge in [-0.3, -0.25) is 4.68 Å². The molecular formula is C25H30FN5O. The molecule has 0 saturated carbocycles. The molecule has 0 aliphatic carbocycles. The Balaban J connectivity index is 0.000000195. The molecule has 4 heterocycles. The molecule has 4 aromatic rings. The minimum absolute atomic E-state index is 0.275. The minimum atomic E-state index is -0.275. The van der Waals surface area contributed by atoms with Crippen molar-refractivity contribution in [1.29, 1.82) is 0 Å². The van der Waals surface area contributed by atoms with E-state index in [4.69, 9.17) is 4.74 Å². The van der Waals surface area contributed by atoms with Crippen molar-refractivity contribution in [2.75, 3.05) is 13.2 Å². The van der Waals surface area contributed by atoms with E-state index in [1.54, 1.807) is 16.9 Å². The van der Waals surface area contributed by atoms with Crippen LogP contribution in [0.4, 0.5) is 4.39 Å². The Bertz CT molecular complexity index is 1130. The highest BCUT2D eigenvalue weighted by molar-refractivity contribution is 5.90. The van der Waals surface area contributed by atoms with Crippen molar-refractivity contribution >= 4 is 11.0 Å². The van der Waals surface area contributed by atoms with Crippen molar-refractivity contribution in [1.82, 2.24) is 24.7 Å². The van der Waals surface area contributed by atoms with E-state index in [-0.39, 0.29) is 5.82 Å². The molecule has 1 fully saturated rings. The Morgan fingerprint density at radius 2 is 1.78 bits per heavy atom. The van der Waals surface area contributed by atoms with Gasteiger partial charge in [-0.05, 0) is 75.4 Å². The largest absolute Gasteiger partial charge is 0.381 e. The summed E-state index contributed by atoms with van der Waals surface area (Å²) in [6, 6.07) is 8.99. The Labute approximate surface area is 188 Å². The van der Waals surface area contributed by atoms with Crippen LogP contribution in [-0.2, 0) is 11.8 Å². The van der Waals surface area contributed by atoms with E-state index in [0.717, 1.165) is 35.4 Å². The van der Waals surface area contributed by atoms with Gasteiger partial charge in [-0.25, -0.2) is 19.3 Å². The van der Waals surface area contributed by atoms with Gasteiger partial charge in [-0.2, -0.15) is 5.10 Å². The van der Waals surface area contributed by atoms with Crippen molar-refractivity contribution in [3.05, 3.63) is 71.7 Å². The lowest BCUT2D eigenvalue weighted by Crippen LogP contribution is -2.03.